The van der Waals surface area contributed by atoms with Crippen LogP contribution in [0.1, 0.15) is 5.56 Å². The molecule has 1 aliphatic heterocycles. The number of benzene rings is 1. The van der Waals surface area contributed by atoms with Gasteiger partial charge in [0.05, 0.1) is 18.6 Å². The van der Waals surface area contributed by atoms with Crippen molar-refractivity contribution in [2.45, 2.75) is 11.8 Å². The number of sulfonamides is 1. The minimum Gasteiger partial charge on any atom is -0.453 e. The van der Waals surface area contributed by atoms with Gasteiger partial charge in [0.1, 0.15) is 0 Å². The van der Waals surface area contributed by atoms with Gasteiger partial charge in [-0.1, -0.05) is 17.7 Å². The van der Waals surface area contributed by atoms with E-state index >= 15 is 0 Å². The van der Waals surface area contributed by atoms with Gasteiger partial charge in [0.25, 0.3) is 0 Å². The highest BCUT2D eigenvalue weighted by Crippen LogP contribution is 2.18. The fourth-order valence-electron chi connectivity index (χ4n) is 2.39. The first-order chi connectivity index (χ1) is 11.3. The summed E-state index contributed by atoms with van der Waals surface area (Å²) in [5.74, 6) is -0.475. The van der Waals surface area contributed by atoms with Gasteiger partial charge in [-0.15, -0.1) is 0 Å². The molecule has 132 valence electrons. The van der Waals surface area contributed by atoms with Crippen LogP contribution < -0.4 is 5.32 Å². The van der Waals surface area contributed by atoms with E-state index in [1.165, 1.54) is 11.4 Å². The highest BCUT2D eigenvalue weighted by atomic mass is 32.2. The van der Waals surface area contributed by atoms with E-state index in [-0.39, 0.29) is 11.4 Å². The number of rotatable bonds is 4. The Hall–Kier alpha value is -1.97. The smallest absolute Gasteiger partial charge is 0.413 e. The van der Waals surface area contributed by atoms with Crippen LogP contribution in [-0.2, 0) is 19.6 Å². The largest absolute Gasteiger partial charge is 0.453 e. The summed E-state index contributed by atoms with van der Waals surface area (Å²) in [4.78, 5) is 24.7. The second-order valence-corrected chi connectivity index (χ2v) is 7.47. The summed E-state index contributed by atoms with van der Waals surface area (Å²) in [6.07, 6.45) is -0.805. The van der Waals surface area contributed by atoms with Crippen molar-refractivity contribution < 1.29 is 22.7 Å². The molecule has 1 aliphatic rings. The lowest BCUT2D eigenvalue weighted by molar-refractivity contribution is -0.121. The van der Waals surface area contributed by atoms with Gasteiger partial charge in [-0.3, -0.25) is 15.0 Å². The number of hydrogen-bond donors (Lipinski definition) is 1. The van der Waals surface area contributed by atoms with E-state index in [4.69, 9.17) is 0 Å². The van der Waals surface area contributed by atoms with Crippen LogP contribution in [0.15, 0.2) is 29.2 Å². The molecule has 0 aromatic heterocycles. The molecule has 1 fully saturated rings. The Balaban J connectivity index is 1.91. The lowest BCUT2D eigenvalue weighted by Crippen LogP contribution is -2.51. The third-order valence-corrected chi connectivity index (χ3v) is 5.70. The number of carbonyl (C=O) groups excluding carboxylic acids is 2. The van der Waals surface area contributed by atoms with E-state index < -0.39 is 22.0 Å². The zero-order valence-electron chi connectivity index (χ0n) is 13.7. The number of methoxy groups -OCH3 is 1. The first kappa shape index (κ1) is 18.4. The van der Waals surface area contributed by atoms with E-state index in [9.17, 15) is 18.0 Å². The van der Waals surface area contributed by atoms with Crippen molar-refractivity contribution in [3.63, 3.8) is 0 Å². The van der Waals surface area contributed by atoms with Crippen molar-refractivity contribution in [3.8, 4) is 0 Å². The van der Waals surface area contributed by atoms with Gasteiger partial charge in [0.2, 0.25) is 15.9 Å². The Morgan fingerprint density at radius 1 is 1.12 bits per heavy atom. The molecule has 0 bridgehead atoms. The second kappa shape index (κ2) is 7.73. The summed E-state index contributed by atoms with van der Waals surface area (Å²) >= 11 is 0. The summed E-state index contributed by atoms with van der Waals surface area (Å²) in [6, 6.07) is 6.72. The molecule has 1 aromatic carbocycles. The number of imide groups is 1. The fourth-order valence-corrected chi connectivity index (χ4v) is 3.82. The predicted octanol–water partition coefficient (Wildman–Crippen LogP) is 0.184. The van der Waals surface area contributed by atoms with Crippen LogP contribution >= 0.6 is 0 Å². The average Bonchev–Trinajstić information content (AvgIpc) is 2.55. The summed E-state index contributed by atoms with van der Waals surface area (Å²) in [5, 5.41) is 2.08. The van der Waals surface area contributed by atoms with Gasteiger partial charge >= 0.3 is 6.09 Å². The maximum atomic E-state index is 12.6. The average molecular weight is 355 g/mol. The number of amides is 2. The quantitative estimate of drug-likeness (QED) is 0.828. The Morgan fingerprint density at radius 2 is 1.71 bits per heavy atom. The van der Waals surface area contributed by atoms with Gasteiger partial charge in [-0.25, -0.2) is 13.2 Å². The minimum atomic E-state index is -3.52. The highest BCUT2D eigenvalue weighted by molar-refractivity contribution is 7.89. The Kier molecular flexibility index (Phi) is 5.92. The molecular weight excluding hydrogens is 334 g/mol. The van der Waals surface area contributed by atoms with Crippen LogP contribution in [-0.4, -0.2) is 69.5 Å². The zero-order valence-corrected chi connectivity index (χ0v) is 14.5. The first-order valence-electron chi connectivity index (χ1n) is 7.50. The molecule has 9 heteroatoms. The first-order valence-corrected chi connectivity index (χ1v) is 8.94. The Labute approximate surface area is 141 Å². The van der Waals surface area contributed by atoms with E-state index in [2.05, 4.69) is 10.1 Å². The number of ether oxygens (including phenoxy) is 1. The van der Waals surface area contributed by atoms with Crippen molar-refractivity contribution in [2.75, 3.05) is 39.8 Å². The van der Waals surface area contributed by atoms with Crippen LogP contribution in [0.25, 0.3) is 0 Å². The molecule has 24 heavy (non-hydrogen) atoms. The Morgan fingerprint density at radius 3 is 2.25 bits per heavy atom. The molecule has 8 nitrogen and oxygen atoms in total. The summed E-state index contributed by atoms with van der Waals surface area (Å²) in [5.41, 5.74) is 0.996. The van der Waals surface area contributed by atoms with E-state index in [0.29, 0.717) is 26.2 Å². The third kappa shape index (κ3) is 4.53. The van der Waals surface area contributed by atoms with Crippen LogP contribution in [0, 0.1) is 6.92 Å². The van der Waals surface area contributed by atoms with Crippen molar-refractivity contribution in [2.24, 2.45) is 0 Å². The fraction of sp³-hybridized carbons (Fsp3) is 0.467. The van der Waals surface area contributed by atoms with E-state index in [1.807, 2.05) is 6.92 Å². The standard InChI is InChI=1S/C15H21N3O5S/c1-12-3-5-13(6-4-12)24(21,22)18-9-7-17(8-10-18)11-14(19)16-15(20)23-2/h3-6H,7-11H2,1-2H3,(H,16,19,20). The van der Waals surface area contributed by atoms with Gasteiger partial charge in [-0.2, -0.15) is 4.31 Å². The Bertz CT molecular complexity index is 694. The van der Waals surface area contributed by atoms with Crippen LogP contribution in [0.3, 0.4) is 0 Å². The molecule has 0 unspecified atom stereocenters. The van der Waals surface area contributed by atoms with Crippen molar-refractivity contribution in [3.05, 3.63) is 29.8 Å². The van der Waals surface area contributed by atoms with E-state index in [1.54, 1.807) is 29.2 Å². The maximum absolute atomic E-state index is 12.6. The second-order valence-electron chi connectivity index (χ2n) is 5.53. The number of carbonyl (C=O) groups is 2. The minimum absolute atomic E-state index is 0.0213. The summed E-state index contributed by atoms with van der Waals surface area (Å²) in [7, 11) is -2.34. The molecule has 1 saturated heterocycles. The number of hydrogen-bond acceptors (Lipinski definition) is 6. The van der Waals surface area contributed by atoms with Crippen LogP contribution in [0.5, 0.6) is 0 Å². The number of piperazine rings is 1. The molecule has 2 amide bonds. The van der Waals surface area contributed by atoms with E-state index in [0.717, 1.165) is 5.56 Å². The maximum Gasteiger partial charge on any atom is 0.413 e. The van der Waals surface area contributed by atoms with Crippen LogP contribution in [0.4, 0.5) is 4.79 Å². The molecule has 1 aromatic rings. The number of nitrogens with one attached hydrogen (secondary N) is 1. The lowest BCUT2D eigenvalue weighted by atomic mass is 10.2. The molecule has 0 aliphatic carbocycles. The van der Waals surface area contributed by atoms with Crippen molar-refractivity contribution in [1.29, 1.82) is 0 Å². The number of alkyl carbamates (subject to hydrolysis) is 1. The molecular formula is C15H21N3O5S. The third-order valence-electron chi connectivity index (χ3n) is 3.78. The van der Waals surface area contributed by atoms with Gasteiger partial charge in [0.15, 0.2) is 0 Å². The highest BCUT2D eigenvalue weighted by Gasteiger charge is 2.29. The lowest BCUT2D eigenvalue weighted by Gasteiger charge is -2.33. The molecule has 1 heterocycles. The molecule has 0 radical (unpaired) electrons. The summed E-state index contributed by atoms with van der Waals surface area (Å²) in [6.45, 7) is 3.34. The number of aryl methyl sites for hydroxylation is 1. The normalized spacial score (nSPS) is 16.6. The van der Waals surface area contributed by atoms with Crippen molar-refractivity contribution in [1.82, 2.24) is 14.5 Å². The van der Waals surface area contributed by atoms with Crippen molar-refractivity contribution >= 4 is 22.0 Å². The van der Waals surface area contributed by atoms with Crippen LogP contribution in [0.2, 0.25) is 0 Å². The molecule has 1 N–H and O–H groups in total. The predicted molar refractivity (Wildman–Crippen MR) is 86.9 cm³/mol. The topological polar surface area (TPSA) is 96.0 Å². The van der Waals surface area contributed by atoms with Gasteiger partial charge in [0, 0.05) is 26.2 Å². The van der Waals surface area contributed by atoms with Gasteiger partial charge < -0.3 is 4.74 Å². The zero-order chi connectivity index (χ0) is 17.7. The molecule has 0 atom stereocenters. The monoisotopic (exact) mass is 355 g/mol. The molecule has 0 saturated carbocycles. The SMILES string of the molecule is COC(=O)NC(=O)CN1CCN(S(=O)(=O)c2ccc(C)cc2)CC1. The van der Waals surface area contributed by atoms with Gasteiger partial charge in [-0.05, 0) is 19.1 Å². The molecule has 2 rings (SSSR count). The summed E-state index contributed by atoms with van der Waals surface area (Å²) < 4.78 is 30.9. The number of nitrogens with zero attached hydrogens (tertiary/aromatic N) is 2. The molecule has 0 spiro atoms.